The third-order valence-corrected chi connectivity index (χ3v) is 6.23. The summed E-state index contributed by atoms with van der Waals surface area (Å²) in [5, 5.41) is 15.8. The highest BCUT2D eigenvalue weighted by molar-refractivity contribution is 6.42. The number of carbonyl (C=O) groups excluding carboxylic acids is 1. The summed E-state index contributed by atoms with van der Waals surface area (Å²) in [5.74, 6) is 0.610. The van der Waals surface area contributed by atoms with E-state index in [1.807, 2.05) is 30.3 Å². The molecule has 2 unspecified atom stereocenters. The molecule has 2 aromatic rings. The van der Waals surface area contributed by atoms with Gasteiger partial charge in [-0.3, -0.25) is 4.79 Å². The highest BCUT2D eigenvalue weighted by Crippen LogP contribution is 2.37. The van der Waals surface area contributed by atoms with Crippen LogP contribution in [-0.2, 0) is 17.6 Å². The summed E-state index contributed by atoms with van der Waals surface area (Å²) in [4.78, 5) is 22.7. The molecule has 166 valence electrons. The molecule has 8 heteroatoms. The second-order valence-electron chi connectivity index (χ2n) is 7.57. The highest BCUT2D eigenvalue weighted by Gasteiger charge is 2.31. The summed E-state index contributed by atoms with van der Waals surface area (Å²) < 4.78 is 5.83. The van der Waals surface area contributed by atoms with Crippen molar-refractivity contribution in [2.24, 2.45) is 0 Å². The number of carbonyl (C=O) groups is 2. The van der Waals surface area contributed by atoms with Gasteiger partial charge >= 0.3 is 6.09 Å². The summed E-state index contributed by atoms with van der Waals surface area (Å²) in [7, 11) is 0. The molecule has 0 saturated heterocycles. The highest BCUT2D eigenvalue weighted by atomic mass is 35.5. The first-order valence-electron chi connectivity index (χ1n) is 10.3. The lowest BCUT2D eigenvalue weighted by Crippen LogP contribution is -2.42. The largest absolute Gasteiger partial charge is 0.492 e. The van der Waals surface area contributed by atoms with Crippen LogP contribution < -0.4 is 15.4 Å². The molecule has 1 aliphatic carbocycles. The summed E-state index contributed by atoms with van der Waals surface area (Å²) in [5.41, 5.74) is 3.23. The summed E-state index contributed by atoms with van der Waals surface area (Å²) >= 11 is 12.2. The molecule has 2 atom stereocenters. The van der Waals surface area contributed by atoms with E-state index in [-0.39, 0.29) is 17.9 Å². The van der Waals surface area contributed by atoms with Crippen LogP contribution in [0.15, 0.2) is 36.4 Å². The van der Waals surface area contributed by atoms with Gasteiger partial charge in [0.1, 0.15) is 12.4 Å². The van der Waals surface area contributed by atoms with E-state index in [9.17, 15) is 14.7 Å². The Morgan fingerprint density at radius 3 is 2.68 bits per heavy atom. The number of benzene rings is 2. The molecule has 0 spiro atoms. The van der Waals surface area contributed by atoms with Crippen LogP contribution in [0.3, 0.4) is 0 Å². The van der Waals surface area contributed by atoms with E-state index < -0.39 is 6.09 Å². The minimum atomic E-state index is -1.04. The normalized spacial score (nSPS) is 17.5. The number of hydrogen-bond acceptors (Lipinski definition) is 3. The van der Waals surface area contributed by atoms with Crippen molar-refractivity contribution >= 4 is 35.2 Å². The molecule has 3 rings (SSSR count). The molecule has 0 fully saturated rings. The molecular weight excluding hydrogens is 439 g/mol. The van der Waals surface area contributed by atoms with Crippen LogP contribution in [0.4, 0.5) is 4.79 Å². The van der Waals surface area contributed by atoms with Gasteiger partial charge in [0.05, 0.1) is 16.6 Å². The topological polar surface area (TPSA) is 87.7 Å². The Hall–Kier alpha value is -2.44. The maximum Gasteiger partial charge on any atom is 0.404 e. The number of aryl methyl sites for hydroxylation is 1. The molecule has 2 aromatic carbocycles. The number of fused-ring (bicyclic) bond motifs is 1. The van der Waals surface area contributed by atoms with Crippen molar-refractivity contribution in [3.63, 3.8) is 0 Å². The van der Waals surface area contributed by atoms with Crippen LogP contribution >= 0.6 is 23.2 Å². The van der Waals surface area contributed by atoms with Gasteiger partial charge in [0.25, 0.3) is 0 Å². The van der Waals surface area contributed by atoms with Gasteiger partial charge < -0.3 is 20.5 Å². The van der Waals surface area contributed by atoms with Crippen molar-refractivity contribution in [1.82, 2.24) is 10.6 Å². The Balaban J connectivity index is 1.81. The fourth-order valence-electron chi connectivity index (χ4n) is 3.95. The van der Waals surface area contributed by atoms with E-state index in [2.05, 4.69) is 10.6 Å². The molecule has 2 amide bonds. The minimum absolute atomic E-state index is 0.0154. The van der Waals surface area contributed by atoms with Crippen LogP contribution in [0.5, 0.6) is 5.75 Å². The van der Waals surface area contributed by atoms with E-state index in [4.69, 9.17) is 27.9 Å². The fourth-order valence-corrected chi connectivity index (χ4v) is 4.27. The Morgan fingerprint density at radius 2 is 1.97 bits per heavy atom. The van der Waals surface area contributed by atoms with Crippen LogP contribution in [-0.4, -0.2) is 36.3 Å². The average Bonchev–Trinajstić information content (AvgIpc) is 2.74. The van der Waals surface area contributed by atoms with Crippen LogP contribution in [0.1, 0.15) is 42.4 Å². The number of rotatable bonds is 8. The number of carboxylic acid groups (broad SMARTS) is 1. The standard InChI is InChI=1S/C23H26Cl2N2O4/c1-2-22(28)26-9-10-31-16-6-4-15-5-8-21(27-23(29)30)18(17(15)13-16)11-14-3-7-19(24)20(25)12-14/h3-4,6-7,12-13,18,21,27H,2,5,8-11H2,1H3,(H,26,28)(H,29,30). The summed E-state index contributed by atoms with van der Waals surface area (Å²) in [6.07, 6.45) is 1.52. The van der Waals surface area contributed by atoms with Crippen molar-refractivity contribution < 1.29 is 19.4 Å². The zero-order valence-corrected chi connectivity index (χ0v) is 18.8. The van der Waals surface area contributed by atoms with E-state index in [0.29, 0.717) is 48.2 Å². The van der Waals surface area contributed by atoms with E-state index >= 15 is 0 Å². The molecule has 0 aliphatic heterocycles. The van der Waals surface area contributed by atoms with Crippen LogP contribution in [0.2, 0.25) is 10.0 Å². The Morgan fingerprint density at radius 1 is 1.16 bits per heavy atom. The number of ether oxygens (including phenoxy) is 1. The summed E-state index contributed by atoms with van der Waals surface area (Å²) in [6, 6.07) is 11.2. The van der Waals surface area contributed by atoms with Gasteiger partial charge in [-0.1, -0.05) is 42.3 Å². The van der Waals surface area contributed by atoms with Crippen molar-refractivity contribution in [2.75, 3.05) is 13.2 Å². The quantitative estimate of drug-likeness (QED) is 0.489. The first-order chi connectivity index (χ1) is 14.9. The third-order valence-electron chi connectivity index (χ3n) is 5.49. The molecule has 3 N–H and O–H groups in total. The fraction of sp³-hybridized carbons (Fsp3) is 0.391. The zero-order valence-electron chi connectivity index (χ0n) is 17.3. The molecule has 6 nitrogen and oxygen atoms in total. The molecular formula is C23H26Cl2N2O4. The maximum absolute atomic E-state index is 11.4. The molecule has 0 saturated carbocycles. The predicted molar refractivity (Wildman–Crippen MR) is 121 cm³/mol. The van der Waals surface area contributed by atoms with Crippen molar-refractivity contribution in [1.29, 1.82) is 0 Å². The Bertz CT molecular complexity index is 951. The van der Waals surface area contributed by atoms with Crippen molar-refractivity contribution in [3.05, 3.63) is 63.1 Å². The second-order valence-corrected chi connectivity index (χ2v) is 8.38. The van der Waals surface area contributed by atoms with Gasteiger partial charge in [0.2, 0.25) is 5.91 Å². The monoisotopic (exact) mass is 464 g/mol. The molecule has 1 aliphatic rings. The minimum Gasteiger partial charge on any atom is -0.492 e. The van der Waals surface area contributed by atoms with Gasteiger partial charge in [-0.25, -0.2) is 4.79 Å². The molecule has 0 radical (unpaired) electrons. The first kappa shape index (κ1) is 23.2. The molecule has 0 bridgehead atoms. The lowest BCUT2D eigenvalue weighted by molar-refractivity contribution is -0.120. The van der Waals surface area contributed by atoms with E-state index in [1.54, 1.807) is 13.0 Å². The van der Waals surface area contributed by atoms with Crippen molar-refractivity contribution in [2.45, 2.75) is 44.6 Å². The number of hydrogen-bond donors (Lipinski definition) is 3. The molecule has 0 heterocycles. The van der Waals surface area contributed by atoms with Gasteiger partial charge in [0.15, 0.2) is 0 Å². The lowest BCUT2D eigenvalue weighted by atomic mass is 9.76. The molecule has 31 heavy (non-hydrogen) atoms. The number of nitrogens with one attached hydrogen (secondary N) is 2. The van der Waals surface area contributed by atoms with Crippen molar-refractivity contribution in [3.8, 4) is 5.75 Å². The molecule has 0 aromatic heterocycles. The number of amides is 2. The van der Waals surface area contributed by atoms with Gasteiger partial charge in [-0.05, 0) is 60.2 Å². The SMILES string of the molecule is CCC(=O)NCCOc1ccc2c(c1)C(Cc1ccc(Cl)c(Cl)c1)C(NC(=O)O)CC2. The van der Waals surface area contributed by atoms with Crippen LogP contribution in [0, 0.1) is 0 Å². The predicted octanol–water partition coefficient (Wildman–Crippen LogP) is 4.81. The Kier molecular flexibility index (Phi) is 8.04. The smallest absolute Gasteiger partial charge is 0.404 e. The summed E-state index contributed by atoms with van der Waals surface area (Å²) in [6.45, 7) is 2.59. The third kappa shape index (κ3) is 6.28. The van der Waals surface area contributed by atoms with Gasteiger partial charge in [-0.15, -0.1) is 0 Å². The average molecular weight is 465 g/mol. The van der Waals surface area contributed by atoms with Gasteiger partial charge in [0, 0.05) is 18.4 Å². The van der Waals surface area contributed by atoms with E-state index in [0.717, 1.165) is 17.5 Å². The first-order valence-corrected chi connectivity index (χ1v) is 11.1. The zero-order chi connectivity index (χ0) is 22.4. The number of halogens is 2. The lowest BCUT2D eigenvalue weighted by Gasteiger charge is -2.34. The maximum atomic E-state index is 11.4. The second kappa shape index (κ2) is 10.7. The van der Waals surface area contributed by atoms with E-state index in [1.165, 1.54) is 5.56 Å². The van der Waals surface area contributed by atoms with Crippen LogP contribution in [0.25, 0.3) is 0 Å². The van der Waals surface area contributed by atoms with Gasteiger partial charge in [-0.2, -0.15) is 0 Å². The Labute approximate surface area is 191 Å².